The molecule has 3 N–H and O–H groups in total. The minimum absolute atomic E-state index is 0.0209. The number of carboxylic acid groups (broad SMARTS) is 1. The van der Waals surface area contributed by atoms with Gasteiger partial charge in [-0.3, -0.25) is 19.5 Å². The minimum Gasteiger partial charge on any atom is -0.481 e. The number of halogens is 2. The van der Waals surface area contributed by atoms with E-state index in [0.717, 1.165) is 6.07 Å². The molecule has 0 spiro atoms. The first-order valence-electron chi connectivity index (χ1n) is 8.20. The minimum atomic E-state index is -1.10. The third-order valence-electron chi connectivity index (χ3n) is 4.00. The van der Waals surface area contributed by atoms with E-state index in [1.54, 1.807) is 48.5 Å². The van der Waals surface area contributed by atoms with Gasteiger partial charge in [0.05, 0.1) is 18.2 Å². The summed E-state index contributed by atoms with van der Waals surface area (Å²) in [6, 6.07) is 13.5. The molecule has 3 rings (SSSR count). The molecule has 0 aliphatic carbocycles. The van der Waals surface area contributed by atoms with Gasteiger partial charge in [0.1, 0.15) is 5.69 Å². The average molecular weight is 420 g/mol. The summed E-state index contributed by atoms with van der Waals surface area (Å²) in [6.07, 6.45) is -0.366. The summed E-state index contributed by atoms with van der Waals surface area (Å²) in [4.78, 5) is 36.1. The molecule has 0 bridgehead atoms. The van der Waals surface area contributed by atoms with Crippen molar-refractivity contribution in [2.24, 2.45) is 0 Å². The topological polar surface area (TPSA) is 104 Å². The number of carboxylic acids is 1. The summed E-state index contributed by atoms with van der Waals surface area (Å²) in [6.45, 7) is 0. The number of nitrogens with one attached hydrogen (secondary N) is 2. The molecule has 1 atom stereocenters. The van der Waals surface area contributed by atoms with Crippen molar-refractivity contribution in [3.8, 4) is 5.69 Å². The van der Waals surface area contributed by atoms with E-state index in [9.17, 15) is 19.5 Å². The van der Waals surface area contributed by atoms with Crippen LogP contribution in [0.3, 0.4) is 0 Å². The van der Waals surface area contributed by atoms with Crippen LogP contribution in [0.2, 0.25) is 10.0 Å². The molecular weight excluding hydrogens is 405 g/mol. The Morgan fingerprint density at radius 2 is 1.86 bits per heavy atom. The molecule has 3 aromatic rings. The van der Waals surface area contributed by atoms with Crippen LogP contribution in [-0.4, -0.2) is 26.8 Å². The predicted octanol–water partition coefficient (Wildman–Crippen LogP) is 3.42. The lowest BCUT2D eigenvalue weighted by molar-refractivity contribution is -0.137. The molecule has 7 nitrogen and oxygen atoms in total. The van der Waals surface area contributed by atoms with Gasteiger partial charge in [-0.2, -0.15) is 0 Å². The number of amides is 1. The quantitative estimate of drug-likeness (QED) is 0.569. The molecule has 0 aliphatic heterocycles. The summed E-state index contributed by atoms with van der Waals surface area (Å²) >= 11 is 12.1. The van der Waals surface area contributed by atoms with Gasteiger partial charge in [-0.05, 0) is 29.8 Å². The van der Waals surface area contributed by atoms with Gasteiger partial charge in [0.15, 0.2) is 0 Å². The molecule has 0 saturated carbocycles. The lowest BCUT2D eigenvalue weighted by Crippen LogP contribution is -2.30. The summed E-state index contributed by atoms with van der Waals surface area (Å²) in [7, 11) is 0. The number of hydrogen-bond acceptors (Lipinski definition) is 3. The van der Waals surface area contributed by atoms with E-state index in [0.29, 0.717) is 21.3 Å². The fourth-order valence-corrected chi connectivity index (χ4v) is 3.18. The zero-order chi connectivity index (χ0) is 20.3. The van der Waals surface area contributed by atoms with Gasteiger partial charge >= 0.3 is 5.97 Å². The van der Waals surface area contributed by atoms with Crippen LogP contribution in [0.25, 0.3) is 5.69 Å². The summed E-state index contributed by atoms with van der Waals surface area (Å²) in [5, 5.41) is 15.3. The Bertz CT molecular complexity index is 1090. The smallest absolute Gasteiger partial charge is 0.305 e. The van der Waals surface area contributed by atoms with Crippen LogP contribution < -0.4 is 10.9 Å². The number of aromatic nitrogens is 2. The number of carbonyl (C=O) groups excluding carboxylic acids is 1. The average Bonchev–Trinajstić information content (AvgIpc) is 3.03. The maximum Gasteiger partial charge on any atom is 0.305 e. The van der Waals surface area contributed by atoms with Gasteiger partial charge in [-0.25, -0.2) is 4.68 Å². The van der Waals surface area contributed by atoms with Gasteiger partial charge in [0.2, 0.25) is 0 Å². The third kappa shape index (κ3) is 4.44. The van der Waals surface area contributed by atoms with E-state index in [1.165, 1.54) is 4.68 Å². The standard InChI is InChI=1S/C19H15Cl2N3O4/c20-11-4-3-5-12(8-11)24-17(25)9-16(23-24)19(28)22-15(10-18(26)27)13-6-1-2-7-14(13)21/h1-9,15,23H,10H2,(H,22,28)(H,26,27)/t15-/m0/s1. The van der Waals surface area contributed by atoms with E-state index in [4.69, 9.17) is 23.2 Å². The van der Waals surface area contributed by atoms with Gasteiger partial charge in [-0.15, -0.1) is 0 Å². The molecule has 1 heterocycles. The van der Waals surface area contributed by atoms with Crippen molar-refractivity contribution in [2.75, 3.05) is 0 Å². The third-order valence-corrected chi connectivity index (χ3v) is 4.58. The summed E-state index contributed by atoms with van der Waals surface area (Å²) in [5.41, 5.74) is 0.452. The molecule has 28 heavy (non-hydrogen) atoms. The Morgan fingerprint density at radius 3 is 2.54 bits per heavy atom. The highest BCUT2D eigenvalue weighted by molar-refractivity contribution is 6.31. The Morgan fingerprint density at radius 1 is 1.11 bits per heavy atom. The fourth-order valence-electron chi connectivity index (χ4n) is 2.73. The summed E-state index contributed by atoms with van der Waals surface area (Å²) in [5.74, 6) is -1.74. The second-order valence-electron chi connectivity index (χ2n) is 5.97. The molecular formula is C19H15Cl2N3O4. The van der Waals surface area contributed by atoms with Gasteiger partial charge < -0.3 is 10.4 Å². The number of nitrogens with zero attached hydrogens (tertiary/aromatic N) is 1. The van der Waals surface area contributed by atoms with Crippen molar-refractivity contribution in [1.82, 2.24) is 15.1 Å². The first-order valence-corrected chi connectivity index (χ1v) is 8.96. The molecule has 0 radical (unpaired) electrons. The van der Waals surface area contributed by atoms with E-state index < -0.39 is 23.5 Å². The second kappa shape index (κ2) is 8.33. The Balaban J connectivity index is 1.89. The molecule has 1 aromatic heterocycles. The van der Waals surface area contributed by atoms with Crippen LogP contribution >= 0.6 is 23.2 Å². The van der Waals surface area contributed by atoms with Crippen molar-refractivity contribution in [1.29, 1.82) is 0 Å². The molecule has 1 amide bonds. The summed E-state index contributed by atoms with van der Waals surface area (Å²) < 4.78 is 1.17. The Hall–Kier alpha value is -3.03. The zero-order valence-corrected chi connectivity index (χ0v) is 15.9. The maximum atomic E-state index is 12.6. The number of benzene rings is 2. The van der Waals surface area contributed by atoms with Crippen molar-refractivity contribution < 1.29 is 14.7 Å². The Kier molecular flexibility index (Phi) is 5.87. The van der Waals surface area contributed by atoms with E-state index >= 15 is 0 Å². The van der Waals surface area contributed by atoms with Crippen molar-refractivity contribution in [2.45, 2.75) is 12.5 Å². The largest absolute Gasteiger partial charge is 0.481 e. The lowest BCUT2D eigenvalue weighted by atomic mass is 10.0. The number of aliphatic carboxylic acids is 1. The normalized spacial score (nSPS) is 11.8. The van der Waals surface area contributed by atoms with Crippen molar-refractivity contribution in [3.63, 3.8) is 0 Å². The lowest BCUT2D eigenvalue weighted by Gasteiger charge is -2.18. The molecule has 0 fully saturated rings. The first-order chi connectivity index (χ1) is 13.3. The van der Waals surface area contributed by atoms with Crippen LogP contribution in [0.15, 0.2) is 59.4 Å². The van der Waals surface area contributed by atoms with Crippen LogP contribution in [-0.2, 0) is 4.79 Å². The molecule has 144 valence electrons. The van der Waals surface area contributed by atoms with E-state index in [-0.39, 0.29) is 12.1 Å². The highest BCUT2D eigenvalue weighted by atomic mass is 35.5. The predicted molar refractivity (Wildman–Crippen MR) is 105 cm³/mol. The van der Waals surface area contributed by atoms with Crippen molar-refractivity contribution >= 4 is 35.1 Å². The van der Waals surface area contributed by atoms with Crippen LogP contribution in [0.5, 0.6) is 0 Å². The van der Waals surface area contributed by atoms with Crippen LogP contribution in [0, 0.1) is 0 Å². The highest BCUT2D eigenvalue weighted by Crippen LogP contribution is 2.25. The number of H-pyrrole nitrogens is 1. The Labute approximate surface area is 169 Å². The number of rotatable bonds is 6. The number of carbonyl (C=O) groups is 2. The van der Waals surface area contributed by atoms with Crippen LogP contribution in [0.4, 0.5) is 0 Å². The van der Waals surface area contributed by atoms with Crippen LogP contribution in [0.1, 0.15) is 28.5 Å². The maximum absolute atomic E-state index is 12.6. The molecule has 0 saturated heterocycles. The molecule has 2 aromatic carbocycles. The number of aromatic amines is 1. The van der Waals surface area contributed by atoms with Gasteiger partial charge in [0.25, 0.3) is 11.5 Å². The van der Waals surface area contributed by atoms with E-state index in [2.05, 4.69) is 10.4 Å². The highest BCUT2D eigenvalue weighted by Gasteiger charge is 2.22. The molecule has 0 unspecified atom stereocenters. The number of hydrogen-bond donors (Lipinski definition) is 3. The zero-order valence-electron chi connectivity index (χ0n) is 14.4. The molecule has 0 aliphatic rings. The fraction of sp³-hybridized carbons (Fsp3) is 0.105. The first kappa shape index (κ1) is 19.7. The molecule has 9 heteroatoms. The monoisotopic (exact) mass is 419 g/mol. The SMILES string of the molecule is O=C(O)C[C@H](NC(=O)c1cc(=O)n(-c2cccc(Cl)c2)[nH]1)c1ccccc1Cl. The second-order valence-corrected chi connectivity index (χ2v) is 6.81. The van der Waals surface area contributed by atoms with Gasteiger partial charge in [0, 0.05) is 16.1 Å². The van der Waals surface area contributed by atoms with Gasteiger partial charge in [-0.1, -0.05) is 47.5 Å². The van der Waals surface area contributed by atoms with Crippen molar-refractivity contribution in [3.05, 3.63) is 86.3 Å². The van der Waals surface area contributed by atoms with E-state index in [1.807, 2.05) is 0 Å².